The zero-order valence-corrected chi connectivity index (χ0v) is 9.79. The van der Waals surface area contributed by atoms with Crippen LogP contribution in [0.1, 0.15) is 38.4 Å². The van der Waals surface area contributed by atoms with Gasteiger partial charge in [0.1, 0.15) is 0 Å². The molecule has 0 aliphatic rings. The average Bonchev–Trinajstić information content (AvgIpc) is 2.28. The zero-order valence-electron chi connectivity index (χ0n) is 9.79. The molecule has 3 heteroatoms. The quantitative estimate of drug-likeness (QED) is 0.807. The monoisotopic (exact) mass is 208 g/mol. The standard InChI is InChI=1S/C12H20N2O/c1-4-9(3)15-12-7-10(8-13)6-11(5-2)14-12/h6-7,9H,4-5,8,13H2,1-3H3. The fraction of sp³-hybridized carbons (Fsp3) is 0.583. The second-order valence-corrected chi connectivity index (χ2v) is 3.70. The second kappa shape index (κ2) is 5.71. The minimum absolute atomic E-state index is 0.204. The van der Waals surface area contributed by atoms with Crippen LogP contribution in [0, 0.1) is 0 Å². The molecule has 0 aliphatic carbocycles. The fourth-order valence-corrected chi connectivity index (χ4v) is 1.27. The summed E-state index contributed by atoms with van der Waals surface area (Å²) in [7, 11) is 0. The lowest BCUT2D eigenvalue weighted by atomic mass is 10.2. The third-order valence-corrected chi connectivity index (χ3v) is 2.41. The maximum absolute atomic E-state index is 5.68. The van der Waals surface area contributed by atoms with Crippen LogP contribution in [0.5, 0.6) is 5.88 Å². The van der Waals surface area contributed by atoms with Gasteiger partial charge in [-0.15, -0.1) is 0 Å². The molecule has 0 saturated heterocycles. The van der Waals surface area contributed by atoms with E-state index >= 15 is 0 Å². The SMILES string of the molecule is CCc1cc(CN)cc(OC(C)CC)n1. The molecule has 0 radical (unpaired) electrons. The van der Waals surface area contributed by atoms with E-state index in [9.17, 15) is 0 Å². The fourth-order valence-electron chi connectivity index (χ4n) is 1.27. The molecule has 1 atom stereocenters. The van der Waals surface area contributed by atoms with Crippen LogP contribution in [0.15, 0.2) is 12.1 Å². The van der Waals surface area contributed by atoms with Crippen LogP contribution in [0.25, 0.3) is 0 Å². The highest BCUT2D eigenvalue weighted by Gasteiger charge is 2.05. The van der Waals surface area contributed by atoms with Gasteiger partial charge in [-0.3, -0.25) is 0 Å². The molecule has 15 heavy (non-hydrogen) atoms. The van der Waals surface area contributed by atoms with E-state index in [2.05, 4.69) is 18.8 Å². The molecule has 1 heterocycles. The van der Waals surface area contributed by atoms with Crippen LogP contribution in [0.2, 0.25) is 0 Å². The maximum atomic E-state index is 5.68. The molecule has 0 saturated carbocycles. The summed E-state index contributed by atoms with van der Waals surface area (Å²) < 4.78 is 5.68. The molecular formula is C12H20N2O. The predicted molar refractivity (Wildman–Crippen MR) is 61.9 cm³/mol. The van der Waals surface area contributed by atoms with Crippen molar-refractivity contribution < 1.29 is 4.74 Å². The number of aromatic nitrogens is 1. The molecule has 2 N–H and O–H groups in total. The van der Waals surface area contributed by atoms with Gasteiger partial charge in [0.25, 0.3) is 0 Å². The molecule has 1 rings (SSSR count). The molecule has 0 bridgehead atoms. The summed E-state index contributed by atoms with van der Waals surface area (Å²) in [4.78, 5) is 4.41. The number of rotatable bonds is 5. The minimum Gasteiger partial charge on any atom is -0.475 e. The highest BCUT2D eigenvalue weighted by molar-refractivity contribution is 5.25. The highest BCUT2D eigenvalue weighted by Crippen LogP contribution is 2.15. The van der Waals surface area contributed by atoms with Crippen LogP contribution >= 0.6 is 0 Å². The van der Waals surface area contributed by atoms with Gasteiger partial charge in [0.2, 0.25) is 5.88 Å². The maximum Gasteiger partial charge on any atom is 0.214 e. The Morgan fingerprint density at radius 3 is 2.67 bits per heavy atom. The third-order valence-electron chi connectivity index (χ3n) is 2.41. The van der Waals surface area contributed by atoms with Crippen molar-refractivity contribution in [2.24, 2.45) is 5.73 Å². The third kappa shape index (κ3) is 3.51. The van der Waals surface area contributed by atoms with E-state index in [0.717, 1.165) is 24.1 Å². The summed E-state index contributed by atoms with van der Waals surface area (Å²) >= 11 is 0. The molecule has 0 aliphatic heterocycles. The van der Waals surface area contributed by atoms with Crippen LogP contribution in [-0.2, 0) is 13.0 Å². The van der Waals surface area contributed by atoms with Crippen molar-refractivity contribution in [2.75, 3.05) is 0 Å². The van der Waals surface area contributed by atoms with E-state index in [0.29, 0.717) is 12.4 Å². The average molecular weight is 208 g/mol. The van der Waals surface area contributed by atoms with Gasteiger partial charge in [-0.1, -0.05) is 13.8 Å². The molecule has 3 nitrogen and oxygen atoms in total. The predicted octanol–water partition coefficient (Wildman–Crippen LogP) is 2.28. The van der Waals surface area contributed by atoms with Gasteiger partial charge in [-0.25, -0.2) is 4.98 Å². The summed E-state index contributed by atoms with van der Waals surface area (Å²) in [6.45, 7) is 6.75. The van der Waals surface area contributed by atoms with E-state index in [4.69, 9.17) is 10.5 Å². The van der Waals surface area contributed by atoms with Gasteiger partial charge in [-0.2, -0.15) is 0 Å². The van der Waals surface area contributed by atoms with E-state index < -0.39 is 0 Å². The number of pyridine rings is 1. The first kappa shape index (κ1) is 12.0. The number of hydrogen-bond donors (Lipinski definition) is 1. The summed E-state index contributed by atoms with van der Waals surface area (Å²) in [5, 5.41) is 0. The Morgan fingerprint density at radius 1 is 1.40 bits per heavy atom. The van der Waals surface area contributed by atoms with Gasteiger partial charge in [0.05, 0.1) is 6.10 Å². The summed E-state index contributed by atoms with van der Waals surface area (Å²) in [5.41, 5.74) is 7.74. The lowest BCUT2D eigenvalue weighted by Crippen LogP contribution is -2.12. The highest BCUT2D eigenvalue weighted by atomic mass is 16.5. The molecular weight excluding hydrogens is 188 g/mol. The van der Waals surface area contributed by atoms with Gasteiger partial charge in [-0.05, 0) is 31.4 Å². The Labute approximate surface area is 91.7 Å². The summed E-state index contributed by atoms with van der Waals surface area (Å²) in [5.74, 6) is 0.698. The van der Waals surface area contributed by atoms with Crippen LogP contribution < -0.4 is 10.5 Å². The Kier molecular flexibility index (Phi) is 4.56. The first-order valence-corrected chi connectivity index (χ1v) is 5.56. The smallest absolute Gasteiger partial charge is 0.214 e. The van der Waals surface area contributed by atoms with E-state index in [1.165, 1.54) is 0 Å². The van der Waals surface area contributed by atoms with Gasteiger partial charge < -0.3 is 10.5 Å². The van der Waals surface area contributed by atoms with E-state index in [1.54, 1.807) is 0 Å². The van der Waals surface area contributed by atoms with Crippen molar-refractivity contribution >= 4 is 0 Å². The lowest BCUT2D eigenvalue weighted by Gasteiger charge is -2.13. The number of nitrogens with zero attached hydrogens (tertiary/aromatic N) is 1. The molecule has 1 unspecified atom stereocenters. The first-order chi connectivity index (χ1) is 7.19. The molecule has 0 aromatic carbocycles. The van der Waals surface area contributed by atoms with Crippen LogP contribution in [0.4, 0.5) is 0 Å². The van der Waals surface area contributed by atoms with Crippen LogP contribution in [0.3, 0.4) is 0 Å². The van der Waals surface area contributed by atoms with E-state index in [-0.39, 0.29) is 6.10 Å². The molecule has 0 fully saturated rings. The van der Waals surface area contributed by atoms with Crippen LogP contribution in [-0.4, -0.2) is 11.1 Å². The molecule has 0 amide bonds. The topological polar surface area (TPSA) is 48.1 Å². The van der Waals surface area contributed by atoms with Crippen molar-refractivity contribution in [1.82, 2.24) is 4.98 Å². The minimum atomic E-state index is 0.204. The van der Waals surface area contributed by atoms with Crippen molar-refractivity contribution in [1.29, 1.82) is 0 Å². The van der Waals surface area contributed by atoms with Crippen molar-refractivity contribution in [3.8, 4) is 5.88 Å². The zero-order chi connectivity index (χ0) is 11.3. The Morgan fingerprint density at radius 2 is 2.13 bits per heavy atom. The molecule has 1 aromatic heterocycles. The van der Waals surface area contributed by atoms with Crippen molar-refractivity contribution in [2.45, 2.75) is 46.3 Å². The lowest BCUT2D eigenvalue weighted by molar-refractivity contribution is 0.208. The first-order valence-electron chi connectivity index (χ1n) is 5.56. The number of nitrogens with two attached hydrogens (primary N) is 1. The number of hydrogen-bond acceptors (Lipinski definition) is 3. The van der Waals surface area contributed by atoms with Gasteiger partial charge >= 0.3 is 0 Å². The number of aryl methyl sites for hydroxylation is 1. The Bertz CT molecular complexity index is 290. The van der Waals surface area contributed by atoms with E-state index in [1.807, 2.05) is 19.1 Å². The normalized spacial score (nSPS) is 12.5. The van der Waals surface area contributed by atoms with Gasteiger partial charge in [0, 0.05) is 18.3 Å². The second-order valence-electron chi connectivity index (χ2n) is 3.70. The Hall–Kier alpha value is -1.09. The molecule has 1 aromatic rings. The van der Waals surface area contributed by atoms with Crippen molar-refractivity contribution in [3.63, 3.8) is 0 Å². The van der Waals surface area contributed by atoms with Gasteiger partial charge in [0.15, 0.2) is 0 Å². The summed E-state index contributed by atoms with van der Waals surface area (Å²) in [6, 6.07) is 3.95. The largest absolute Gasteiger partial charge is 0.475 e. The summed E-state index contributed by atoms with van der Waals surface area (Å²) in [6.07, 6.45) is 2.09. The van der Waals surface area contributed by atoms with Crippen molar-refractivity contribution in [3.05, 3.63) is 23.4 Å². The molecule has 0 spiro atoms. The number of ether oxygens (including phenoxy) is 1. The Balaban J connectivity index is 2.86. The molecule has 84 valence electrons.